The third-order valence-electron chi connectivity index (χ3n) is 4.75. The van der Waals surface area contributed by atoms with Crippen LogP contribution in [-0.2, 0) is 9.59 Å². The van der Waals surface area contributed by atoms with Crippen molar-refractivity contribution < 1.29 is 24.2 Å². The normalized spacial score (nSPS) is 14.2. The van der Waals surface area contributed by atoms with Gasteiger partial charge in [0.05, 0.1) is 0 Å². The molecule has 0 radical (unpaired) electrons. The Bertz CT molecular complexity index is 656. The molecule has 28 heavy (non-hydrogen) atoms. The van der Waals surface area contributed by atoms with Crippen molar-refractivity contribution in [1.29, 1.82) is 0 Å². The summed E-state index contributed by atoms with van der Waals surface area (Å²) in [6.07, 6.45) is 6.52. The lowest BCUT2D eigenvalue weighted by molar-refractivity contribution is -0.139. The average Bonchev–Trinajstić information content (AvgIpc) is 2.70. The predicted molar refractivity (Wildman–Crippen MR) is 106 cm³/mol. The average molecular weight is 391 g/mol. The second-order valence-electron chi connectivity index (χ2n) is 6.97. The number of carboxylic acid groups (broad SMARTS) is 1. The molecule has 1 saturated carbocycles. The van der Waals surface area contributed by atoms with Gasteiger partial charge < -0.3 is 25.4 Å². The maximum absolute atomic E-state index is 12.3. The highest BCUT2D eigenvalue weighted by Crippen LogP contribution is 2.19. The third-order valence-corrected chi connectivity index (χ3v) is 4.75. The zero-order valence-corrected chi connectivity index (χ0v) is 16.3. The van der Waals surface area contributed by atoms with Crippen molar-refractivity contribution in [1.82, 2.24) is 10.6 Å². The van der Waals surface area contributed by atoms with Crippen LogP contribution < -0.4 is 20.3 Å². The molecule has 0 bridgehead atoms. The fourth-order valence-corrected chi connectivity index (χ4v) is 3.15. The largest absolute Gasteiger partial charge is 0.482 e. The first kappa shape index (κ1) is 21.5. The van der Waals surface area contributed by atoms with Crippen molar-refractivity contribution >= 4 is 23.6 Å². The molecule has 154 valence electrons. The smallest absolute Gasteiger partial charge is 0.341 e. The van der Waals surface area contributed by atoms with Crippen LogP contribution in [0.15, 0.2) is 24.3 Å². The first-order valence-electron chi connectivity index (χ1n) is 9.71. The number of carboxylic acids is 1. The van der Waals surface area contributed by atoms with Crippen LogP contribution in [0.1, 0.15) is 44.9 Å². The quantitative estimate of drug-likeness (QED) is 0.561. The van der Waals surface area contributed by atoms with Gasteiger partial charge in [0, 0.05) is 31.7 Å². The Kier molecular flexibility index (Phi) is 8.58. The zero-order chi connectivity index (χ0) is 20.4. The number of amides is 3. The summed E-state index contributed by atoms with van der Waals surface area (Å²) < 4.78 is 5.07. The molecule has 1 aliphatic rings. The van der Waals surface area contributed by atoms with Crippen LogP contribution >= 0.6 is 0 Å². The van der Waals surface area contributed by atoms with Crippen LogP contribution in [0.25, 0.3) is 0 Å². The highest BCUT2D eigenvalue weighted by molar-refractivity contribution is 5.92. The number of rotatable bonds is 9. The number of aliphatic carboxylic acids is 1. The zero-order valence-electron chi connectivity index (χ0n) is 16.3. The van der Waals surface area contributed by atoms with Crippen molar-refractivity contribution in [3.05, 3.63) is 24.3 Å². The molecule has 0 aliphatic heterocycles. The highest BCUT2D eigenvalue weighted by Gasteiger charge is 2.15. The second kappa shape index (κ2) is 11.2. The van der Waals surface area contributed by atoms with Crippen LogP contribution in [0.2, 0.25) is 0 Å². The monoisotopic (exact) mass is 391 g/mol. The fraction of sp³-hybridized carbons (Fsp3) is 0.550. The van der Waals surface area contributed by atoms with Crippen molar-refractivity contribution in [3.8, 4) is 5.75 Å². The van der Waals surface area contributed by atoms with Crippen molar-refractivity contribution in [2.75, 3.05) is 25.1 Å². The Morgan fingerprint density at radius 3 is 2.46 bits per heavy atom. The van der Waals surface area contributed by atoms with E-state index < -0.39 is 12.6 Å². The third kappa shape index (κ3) is 7.46. The Morgan fingerprint density at radius 1 is 1.14 bits per heavy atom. The SMILES string of the molecule is CN(C(=O)CCCNC(=O)NC1CCCCC1)c1ccc(OCC(=O)O)cc1. The van der Waals surface area contributed by atoms with Crippen LogP contribution in [0.3, 0.4) is 0 Å². The Hall–Kier alpha value is -2.77. The molecule has 3 N–H and O–H groups in total. The molecule has 8 heteroatoms. The molecule has 1 aliphatic carbocycles. The van der Waals surface area contributed by atoms with Crippen LogP contribution in [0.4, 0.5) is 10.5 Å². The number of urea groups is 1. The van der Waals surface area contributed by atoms with E-state index in [9.17, 15) is 14.4 Å². The molecule has 8 nitrogen and oxygen atoms in total. The van der Waals surface area contributed by atoms with Gasteiger partial charge in [0.1, 0.15) is 5.75 Å². The first-order chi connectivity index (χ1) is 13.5. The molecule has 1 fully saturated rings. The molecule has 0 atom stereocenters. The maximum atomic E-state index is 12.3. The number of nitrogens with zero attached hydrogens (tertiary/aromatic N) is 1. The number of anilines is 1. The Labute approximate surface area is 165 Å². The molecule has 1 aromatic carbocycles. The van der Waals surface area contributed by atoms with E-state index in [4.69, 9.17) is 9.84 Å². The minimum atomic E-state index is -1.04. The number of hydrogen-bond donors (Lipinski definition) is 3. The Balaban J connectivity index is 1.66. The van der Waals surface area contributed by atoms with Gasteiger partial charge in [0.25, 0.3) is 0 Å². The summed E-state index contributed by atoms with van der Waals surface area (Å²) in [6, 6.07) is 6.75. The van der Waals surface area contributed by atoms with Crippen LogP contribution in [-0.4, -0.2) is 49.3 Å². The van der Waals surface area contributed by atoms with E-state index in [-0.39, 0.29) is 18.0 Å². The van der Waals surface area contributed by atoms with E-state index in [0.29, 0.717) is 30.8 Å². The van der Waals surface area contributed by atoms with Gasteiger partial charge in [0.15, 0.2) is 6.61 Å². The lowest BCUT2D eigenvalue weighted by atomic mass is 9.96. The molecule has 0 spiro atoms. The van der Waals surface area contributed by atoms with Gasteiger partial charge in [0.2, 0.25) is 5.91 Å². The van der Waals surface area contributed by atoms with Gasteiger partial charge in [-0.15, -0.1) is 0 Å². The standard InChI is InChI=1S/C20H29N3O5/c1-23(16-9-11-17(12-10-16)28-14-19(25)26)18(24)8-5-13-21-20(27)22-15-6-3-2-4-7-15/h9-12,15H,2-8,13-14H2,1H3,(H,25,26)(H2,21,22,27). The van der Waals surface area contributed by atoms with E-state index in [1.165, 1.54) is 24.2 Å². The fourth-order valence-electron chi connectivity index (χ4n) is 3.15. The van der Waals surface area contributed by atoms with Gasteiger partial charge in [-0.25, -0.2) is 9.59 Å². The highest BCUT2D eigenvalue weighted by atomic mass is 16.5. The summed E-state index contributed by atoms with van der Waals surface area (Å²) in [5, 5.41) is 14.4. The minimum absolute atomic E-state index is 0.0614. The summed E-state index contributed by atoms with van der Waals surface area (Å²) >= 11 is 0. The number of benzene rings is 1. The van der Waals surface area contributed by atoms with Gasteiger partial charge >= 0.3 is 12.0 Å². The maximum Gasteiger partial charge on any atom is 0.341 e. The molecular formula is C20H29N3O5. The Morgan fingerprint density at radius 2 is 1.82 bits per heavy atom. The molecule has 0 heterocycles. The van der Waals surface area contributed by atoms with Crippen LogP contribution in [0.5, 0.6) is 5.75 Å². The summed E-state index contributed by atoms with van der Waals surface area (Å²) in [4.78, 5) is 36.2. The van der Waals surface area contributed by atoms with E-state index in [2.05, 4.69) is 10.6 Å². The molecule has 1 aromatic rings. The van der Waals surface area contributed by atoms with Crippen molar-refractivity contribution in [2.45, 2.75) is 51.0 Å². The lowest BCUT2D eigenvalue weighted by Crippen LogP contribution is -2.43. The molecular weight excluding hydrogens is 362 g/mol. The number of ether oxygens (including phenoxy) is 1. The second-order valence-corrected chi connectivity index (χ2v) is 6.97. The van der Waals surface area contributed by atoms with E-state index in [1.807, 2.05) is 0 Å². The van der Waals surface area contributed by atoms with Crippen molar-refractivity contribution in [3.63, 3.8) is 0 Å². The number of carbonyl (C=O) groups excluding carboxylic acids is 2. The van der Waals surface area contributed by atoms with Gasteiger partial charge in [-0.1, -0.05) is 19.3 Å². The van der Waals surface area contributed by atoms with E-state index in [1.54, 1.807) is 31.3 Å². The summed E-state index contributed by atoms with van der Waals surface area (Å²) in [7, 11) is 1.68. The number of carbonyl (C=O) groups is 3. The molecule has 0 unspecified atom stereocenters. The molecule has 3 amide bonds. The van der Waals surface area contributed by atoms with Gasteiger partial charge in [-0.05, 0) is 43.5 Å². The molecule has 0 aromatic heterocycles. The summed E-state index contributed by atoms with van der Waals surface area (Å²) in [5.41, 5.74) is 0.690. The lowest BCUT2D eigenvalue weighted by Gasteiger charge is -2.23. The number of nitrogens with one attached hydrogen (secondary N) is 2. The first-order valence-corrected chi connectivity index (χ1v) is 9.71. The molecule has 2 rings (SSSR count). The van der Waals surface area contributed by atoms with Gasteiger partial charge in [-0.2, -0.15) is 0 Å². The topological polar surface area (TPSA) is 108 Å². The number of hydrogen-bond acceptors (Lipinski definition) is 4. The van der Waals surface area contributed by atoms with E-state index >= 15 is 0 Å². The van der Waals surface area contributed by atoms with Gasteiger partial charge in [-0.3, -0.25) is 4.79 Å². The summed E-state index contributed by atoms with van der Waals surface area (Å²) in [5.74, 6) is -0.675. The van der Waals surface area contributed by atoms with Crippen LogP contribution in [0, 0.1) is 0 Å². The summed E-state index contributed by atoms with van der Waals surface area (Å²) in [6.45, 7) is 0.0372. The minimum Gasteiger partial charge on any atom is -0.482 e. The van der Waals surface area contributed by atoms with E-state index in [0.717, 1.165) is 12.8 Å². The predicted octanol–water partition coefficient (Wildman–Crippen LogP) is 2.52. The van der Waals surface area contributed by atoms with Crippen molar-refractivity contribution in [2.24, 2.45) is 0 Å². The molecule has 0 saturated heterocycles.